The van der Waals surface area contributed by atoms with Crippen LogP contribution >= 0.6 is 15.6 Å². The van der Waals surface area contributed by atoms with Gasteiger partial charge in [0.15, 0.2) is 0 Å². The molecule has 0 aromatic rings. The van der Waals surface area contributed by atoms with Gasteiger partial charge in [-0.25, -0.2) is 9.13 Å². The summed E-state index contributed by atoms with van der Waals surface area (Å²) in [5.74, 6) is 7.00. The quantitative estimate of drug-likeness (QED) is 0.267. The van der Waals surface area contributed by atoms with E-state index in [2.05, 4.69) is 30.6 Å². The summed E-state index contributed by atoms with van der Waals surface area (Å²) in [5.41, 5.74) is 0. The van der Waals surface area contributed by atoms with E-state index in [1.807, 2.05) is 0 Å². The Morgan fingerprint density at radius 1 is 0.667 bits per heavy atom. The smallest absolute Gasteiger partial charge is 0.302 e. The molecule has 0 unspecified atom stereocenters. The minimum absolute atomic E-state index is 1.75. The van der Waals surface area contributed by atoms with Crippen LogP contribution < -0.4 is 0 Å². The Bertz CT molecular complexity index is 401. The summed E-state index contributed by atoms with van der Waals surface area (Å²) in [5, 5.41) is 23.4. The maximum absolute atomic E-state index is 9.63. The van der Waals surface area contributed by atoms with Gasteiger partial charge >= 0.3 is 15.6 Å². The predicted molar refractivity (Wildman–Crippen MR) is 78.6 cm³/mol. The van der Waals surface area contributed by atoms with Crippen molar-refractivity contribution in [2.75, 3.05) is 0 Å². The van der Waals surface area contributed by atoms with E-state index >= 15 is 0 Å². The van der Waals surface area contributed by atoms with E-state index in [0.29, 0.717) is 0 Å². The molecular formula is C8H16N4O7P2. The molecule has 11 nitrogen and oxygen atoms in total. The van der Waals surface area contributed by atoms with E-state index < -0.39 is 15.6 Å². The Morgan fingerprint density at radius 3 is 0.762 bits per heavy atom. The molecule has 0 rings (SSSR count). The summed E-state index contributed by atoms with van der Waals surface area (Å²) in [6, 6.07) is 0. The number of rotatable bonds is 2. The summed E-state index contributed by atoms with van der Waals surface area (Å²) in [4.78, 5) is 31.0. The molecule has 0 aromatic heterocycles. The lowest BCUT2D eigenvalue weighted by Gasteiger charge is -2.03. The van der Waals surface area contributed by atoms with Crippen LogP contribution in [0.3, 0.4) is 0 Å². The van der Waals surface area contributed by atoms with Crippen LogP contribution in [0.25, 0.3) is 0 Å². The molecular weight excluding hydrogens is 326 g/mol. The van der Waals surface area contributed by atoms with Crippen LogP contribution in [-0.2, 0) is 13.4 Å². The summed E-state index contributed by atoms with van der Waals surface area (Å²) in [6.07, 6.45) is 0. The molecule has 0 aliphatic carbocycles. The van der Waals surface area contributed by atoms with Crippen LogP contribution in [0.15, 0.2) is 26.3 Å². The predicted octanol–water partition coefficient (Wildman–Crippen LogP) is 0.872. The molecule has 0 aromatic carbocycles. The zero-order valence-electron chi connectivity index (χ0n) is 10.7. The molecule has 0 aliphatic heterocycles. The largest absolute Gasteiger partial charge is 0.478 e. The van der Waals surface area contributed by atoms with Crippen LogP contribution in [0.5, 0.6) is 0 Å². The van der Waals surface area contributed by atoms with Crippen molar-refractivity contribution in [2.24, 2.45) is 0 Å². The van der Waals surface area contributed by atoms with Gasteiger partial charge in [-0.2, -0.15) is 4.31 Å². The van der Waals surface area contributed by atoms with Gasteiger partial charge in [-0.05, 0) is 49.8 Å². The molecule has 13 heteroatoms. The highest BCUT2D eigenvalue weighted by atomic mass is 31.3. The van der Waals surface area contributed by atoms with E-state index in [1.54, 1.807) is 23.5 Å². The molecule has 21 heavy (non-hydrogen) atoms. The Hall–Kier alpha value is -1.94. The maximum atomic E-state index is 9.63. The Balaban J connectivity index is -0.0000000593. The highest BCUT2D eigenvalue weighted by Crippen LogP contribution is 2.53. The molecule has 0 saturated carbocycles. The van der Waals surface area contributed by atoms with Gasteiger partial charge in [-0.3, -0.25) is 21.6 Å². The summed E-state index contributed by atoms with van der Waals surface area (Å²) in [7, 11) is -10.1. The fourth-order valence-electron chi connectivity index (χ4n) is 0.139. The fraction of sp³-hybridized carbons (Fsp3) is 0. The highest BCUT2D eigenvalue weighted by molar-refractivity contribution is 7.60. The lowest BCUT2D eigenvalue weighted by Crippen LogP contribution is -1.84. The second-order valence-corrected chi connectivity index (χ2v) is 4.39. The number of nitrogens with one attached hydrogen (secondary N) is 4. The minimum atomic E-state index is -5.05. The van der Waals surface area contributed by atoms with Crippen LogP contribution in [-0.4, -0.2) is 43.1 Å². The van der Waals surface area contributed by atoms with Gasteiger partial charge in [-0.1, -0.05) is 0 Å². The van der Waals surface area contributed by atoms with Crippen molar-refractivity contribution in [1.29, 1.82) is 21.6 Å². The van der Waals surface area contributed by atoms with Gasteiger partial charge < -0.3 is 19.6 Å². The molecule has 0 fully saturated rings. The number of hydrogen-bond acceptors (Lipinski definition) is 7. The van der Waals surface area contributed by atoms with Gasteiger partial charge in [0.05, 0.1) is 0 Å². The van der Waals surface area contributed by atoms with Crippen molar-refractivity contribution >= 4 is 39.1 Å². The molecule has 0 atom stereocenters. The first kappa shape index (κ1) is 31.4. The van der Waals surface area contributed by atoms with Crippen molar-refractivity contribution in [2.45, 2.75) is 0 Å². The van der Waals surface area contributed by atoms with Crippen molar-refractivity contribution in [3.05, 3.63) is 26.3 Å². The van der Waals surface area contributed by atoms with Crippen molar-refractivity contribution in [3.8, 4) is 0 Å². The maximum Gasteiger partial charge on any atom is 0.478 e. The summed E-state index contributed by atoms with van der Waals surface area (Å²) >= 11 is 0. The minimum Gasteiger partial charge on any atom is -0.302 e. The highest BCUT2D eigenvalue weighted by Gasteiger charge is 2.27. The zero-order valence-corrected chi connectivity index (χ0v) is 12.5. The Kier molecular flexibility index (Phi) is 34.7. The van der Waals surface area contributed by atoms with E-state index in [-0.39, 0.29) is 0 Å². The van der Waals surface area contributed by atoms with Gasteiger partial charge in [0.2, 0.25) is 0 Å². The summed E-state index contributed by atoms with van der Waals surface area (Å²) in [6.45, 7) is 11.6. The van der Waals surface area contributed by atoms with E-state index in [9.17, 15) is 9.13 Å². The third-order valence-electron chi connectivity index (χ3n) is 0.213. The normalized spacial score (nSPS) is 7.43. The molecule has 0 heterocycles. The van der Waals surface area contributed by atoms with Crippen molar-refractivity contribution in [1.82, 2.24) is 0 Å². The first-order chi connectivity index (χ1) is 9.36. The molecule has 0 radical (unpaired) electrons. The lowest BCUT2D eigenvalue weighted by atomic mass is 11.2. The average molecular weight is 342 g/mol. The molecule has 0 saturated heterocycles. The van der Waals surface area contributed by atoms with Crippen LogP contribution in [0.2, 0.25) is 0 Å². The topological polar surface area (TPSA) is 220 Å². The third-order valence-corrected chi connectivity index (χ3v) is 1.91. The zero-order chi connectivity index (χ0) is 18.5. The monoisotopic (exact) mass is 342 g/mol. The van der Waals surface area contributed by atoms with Crippen molar-refractivity contribution in [3.63, 3.8) is 0 Å². The standard InChI is InChI=1S/4C2H3N.H4O7P2/c4*1-2-3;1-8(2,3)7-9(4,5)6/h4*3H,1H2;(H2,1,2,3)(H2,4,5,6). The van der Waals surface area contributed by atoms with Gasteiger partial charge in [-0.15, -0.1) is 0 Å². The van der Waals surface area contributed by atoms with Crippen LogP contribution in [0.4, 0.5) is 0 Å². The average Bonchev–Trinajstić information content (AvgIpc) is 2.15. The molecule has 0 spiro atoms. The van der Waals surface area contributed by atoms with E-state index in [1.165, 1.54) is 0 Å². The number of hydrogen-bond donors (Lipinski definition) is 8. The second-order valence-electron chi connectivity index (χ2n) is 1.77. The summed E-state index contributed by atoms with van der Waals surface area (Å²) < 4.78 is 22.2. The fourth-order valence-corrected chi connectivity index (χ4v) is 1.25. The first-order valence-corrected chi connectivity index (χ1v) is 7.01. The van der Waals surface area contributed by atoms with Crippen molar-refractivity contribution < 1.29 is 33.0 Å². The molecule has 120 valence electrons. The second kappa shape index (κ2) is 23.2. The van der Waals surface area contributed by atoms with Crippen LogP contribution in [0.1, 0.15) is 0 Å². The molecule has 0 aliphatic rings. The third kappa shape index (κ3) is 283. The Morgan fingerprint density at radius 2 is 0.762 bits per heavy atom. The molecule has 0 bridgehead atoms. The van der Waals surface area contributed by atoms with Gasteiger partial charge in [0, 0.05) is 0 Å². The van der Waals surface area contributed by atoms with Gasteiger partial charge in [0.1, 0.15) is 0 Å². The SMILES string of the molecule is C=C=N.C=C=N.C=C=N.C=C=N.O=P(O)(O)OP(=O)(O)O. The number of phosphoric acid groups is 2. The van der Waals surface area contributed by atoms with Gasteiger partial charge in [0.25, 0.3) is 0 Å². The molecule has 8 N–H and O–H groups in total. The first-order valence-electron chi connectivity index (χ1n) is 3.94. The lowest BCUT2D eigenvalue weighted by molar-refractivity contribution is 0.225. The van der Waals surface area contributed by atoms with Crippen LogP contribution in [0, 0.1) is 21.6 Å². The van der Waals surface area contributed by atoms with E-state index in [4.69, 9.17) is 41.2 Å². The molecule has 0 amide bonds. The Labute approximate surface area is 121 Å². The van der Waals surface area contributed by atoms with E-state index in [0.717, 1.165) is 0 Å².